The first-order valence-corrected chi connectivity index (χ1v) is 12.9. The second-order valence-corrected chi connectivity index (χ2v) is 10.7. The van der Waals surface area contributed by atoms with Crippen molar-refractivity contribution in [2.24, 2.45) is 10.1 Å². The molecule has 0 aliphatic carbocycles. The van der Waals surface area contributed by atoms with Crippen molar-refractivity contribution in [1.82, 2.24) is 5.01 Å². The van der Waals surface area contributed by atoms with Gasteiger partial charge < -0.3 is 14.2 Å². The van der Waals surface area contributed by atoms with E-state index in [1.165, 1.54) is 39.4 Å². The van der Waals surface area contributed by atoms with Gasteiger partial charge in [0.1, 0.15) is 5.75 Å². The molecule has 0 fully saturated rings. The number of aliphatic imine (C=N–C) groups is 1. The SMILES string of the molecule is CCS(=O)(=O)C1=NN2C(=N)/C(=C/c3ccc(OC(=O)c4ccc(OC)cc4)c(OC)c3)C(=O)N=C2S1. The van der Waals surface area contributed by atoms with Crippen LogP contribution in [0.15, 0.2) is 58.1 Å². The van der Waals surface area contributed by atoms with Crippen molar-refractivity contribution in [1.29, 1.82) is 5.41 Å². The molecule has 0 radical (unpaired) electrons. The number of esters is 1. The molecule has 4 rings (SSSR count). The lowest BCUT2D eigenvalue weighted by molar-refractivity contribution is -0.114. The average molecular weight is 529 g/mol. The molecular weight excluding hydrogens is 508 g/mol. The Hall–Kier alpha value is -3.97. The van der Waals surface area contributed by atoms with Crippen LogP contribution in [0.1, 0.15) is 22.8 Å². The maximum atomic E-state index is 12.6. The topological polar surface area (TPSA) is 148 Å². The van der Waals surface area contributed by atoms with Gasteiger partial charge in [0.2, 0.25) is 19.4 Å². The van der Waals surface area contributed by atoms with Crippen molar-refractivity contribution in [3.8, 4) is 17.2 Å². The number of methoxy groups -OCH3 is 2. The number of hydrogen-bond donors (Lipinski definition) is 1. The molecule has 0 saturated heterocycles. The minimum Gasteiger partial charge on any atom is -0.497 e. The van der Waals surface area contributed by atoms with Gasteiger partial charge >= 0.3 is 5.97 Å². The molecule has 2 aromatic rings. The molecular formula is C23H20N4O7S2. The normalized spacial score (nSPS) is 16.4. The number of benzene rings is 2. The minimum absolute atomic E-state index is 0.00699. The molecule has 0 saturated carbocycles. The molecule has 0 atom stereocenters. The minimum atomic E-state index is -3.62. The fourth-order valence-corrected chi connectivity index (χ4v) is 5.30. The smallest absolute Gasteiger partial charge is 0.343 e. The molecule has 13 heteroatoms. The number of thioether (sulfide) groups is 1. The summed E-state index contributed by atoms with van der Waals surface area (Å²) in [5, 5.41) is 13.4. The van der Waals surface area contributed by atoms with Gasteiger partial charge in [0.25, 0.3) is 5.91 Å². The van der Waals surface area contributed by atoms with Crippen molar-refractivity contribution >= 4 is 54.9 Å². The summed E-state index contributed by atoms with van der Waals surface area (Å²) >= 11 is 0.729. The number of ether oxygens (including phenoxy) is 3. The summed E-state index contributed by atoms with van der Waals surface area (Å²) < 4.78 is 39.9. The molecule has 0 spiro atoms. The van der Waals surface area contributed by atoms with Crippen LogP contribution in [-0.2, 0) is 14.6 Å². The molecule has 1 N–H and O–H groups in total. The Labute approximate surface area is 210 Å². The Morgan fingerprint density at radius 1 is 1.11 bits per heavy atom. The van der Waals surface area contributed by atoms with Crippen LogP contribution in [0, 0.1) is 5.41 Å². The predicted molar refractivity (Wildman–Crippen MR) is 135 cm³/mol. The van der Waals surface area contributed by atoms with E-state index in [1.54, 1.807) is 30.3 Å². The van der Waals surface area contributed by atoms with E-state index in [0.29, 0.717) is 16.9 Å². The number of sulfone groups is 1. The lowest BCUT2D eigenvalue weighted by Gasteiger charge is -2.20. The Morgan fingerprint density at radius 3 is 2.47 bits per heavy atom. The number of nitrogens with zero attached hydrogens (tertiary/aromatic N) is 3. The van der Waals surface area contributed by atoms with Crippen LogP contribution in [-0.4, -0.2) is 60.7 Å². The lowest BCUT2D eigenvalue weighted by Crippen LogP contribution is -2.35. The molecule has 0 aromatic heterocycles. The molecule has 0 unspecified atom stereocenters. The summed E-state index contributed by atoms with van der Waals surface area (Å²) in [6.45, 7) is 1.48. The van der Waals surface area contributed by atoms with Gasteiger partial charge in [-0.3, -0.25) is 10.2 Å². The summed E-state index contributed by atoms with van der Waals surface area (Å²) in [6, 6.07) is 11.0. The van der Waals surface area contributed by atoms with Gasteiger partial charge in [-0.1, -0.05) is 13.0 Å². The summed E-state index contributed by atoms with van der Waals surface area (Å²) in [5.41, 5.74) is 0.677. The van der Waals surface area contributed by atoms with E-state index < -0.39 is 21.7 Å². The van der Waals surface area contributed by atoms with Crippen molar-refractivity contribution in [3.63, 3.8) is 0 Å². The Kier molecular flexibility index (Phi) is 6.95. The highest BCUT2D eigenvalue weighted by molar-refractivity contribution is 8.42. The third-order valence-electron chi connectivity index (χ3n) is 5.11. The zero-order valence-electron chi connectivity index (χ0n) is 19.3. The Balaban J connectivity index is 1.58. The van der Waals surface area contributed by atoms with Crippen LogP contribution in [0.3, 0.4) is 0 Å². The average Bonchev–Trinajstić information content (AvgIpc) is 3.32. The molecule has 186 valence electrons. The maximum absolute atomic E-state index is 12.6. The molecule has 0 bridgehead atoms. The molecule has 1 amide bonds. The fourth-order valence-electron chi connectivity index (χ4n) is 3.13. The van der Waals surface area contributed by atoms with Gasteiger partial charge in [-0.2, -0.15) is 10.0 Å². The third kappa shape index (κ3) is 4.88. The van der Waals surface area contributed by atoms with Crippen LogP contribution in [0.4, 0.5) is 0 Å². The van der Waals surface area contributed by atoms with E-state index in [9.17, 15) is 18.0 Å². The van der Waals surface area contributed by atoms with E-state index in [-0.39, 0.29) is 38.2 Å². The number of hydrazone groups is 1. The zero-order valence-corrected chi connectivity index (χ0v) is 21.0. The molecule has 36 heavy (non-hydrogen) atoms. The number of amides is 1. The number of rotatable bonds is 6. The lowest BCUT2D eigenvalue weighted by atomic mass is 10.1. The molecule has 11 nitrogen and oxygen atoms in total. The number of nitrogens with one attached hydrogen (secondary N) is 1. The van der Waals surface area contributed by atoms with Crippen LogP contribution in [0.25, 0.3) is 6.08 Å². The Morgan fingerprint density at radius 2 is 1.83 bits per heavy atom. The Bertz CT molecular complexity index is 1460. The molecule has 2 aliphatic heterocycles. The summed E-state index contributed by atoms with van der Waals surface area (Å²) in [4.78, 5) is 29.0. The van der Waals surface area contributed by atoms with Gasteiger partial charge in [-0.05, 0) is 59.8 Å². The second kappa shape index (κ2) is 9.95. The highest BCUT2D eigenvalue weighted by Gasteiger charge is 2.39. The number of carbonyl (C=O) groups excluding carboxylic acids is 2. The van der Waals surface area contributed by atoms with E-state index in [1.807, 2.05) is 0 Å². The quantitative estimate of drug-likeness (QED) is 0.339. The van der Waals surface area contributed by atoms with Gasteiger partial charge in [-0.25, -0.2) is 13.2 Å². The number of fused-ring (bicyclic) bond motifs is 1. The van der Waals surface area contributed by atoms with Crippen molar-refractivity contribution < 1.29 is 32.2 Å². The largest absolute Gasteiger partial charge is 0.497 e. The molecule has 2 aromatic carbocycles. The van der Waals surface area contributed by atoms with E-state index in [2.05, 4.69) is 10.1 Å². The molecule has 2 aliphatic rings. The van der Waals surface area contributed by atoms with E-state index in [0.717, 1.165) is 16.8 Å². The van der Waals surface area contributed by atoms with Crippen LogP contribution in [0.5, 0.6) is 17.2 Å². The maximum Gasteiger partial charge on any atom is 0.343 e. The van der Waals surface area contributed by atoms with Gasteiger partial charge in [0, 0.05) is 0 Å². The van der Waals surface area contributed by atoms with Crippen molar-refractivity contribution in [2.45, 2.75) is 6.92 Å². The standard InChI is InChI=1S/C23H20N4O7S2/c1-4-36(30,31)23-26-27-19(24)16(20(28)25-22(27)35-23)11-13-5-10-17(18(12-13)33-3)34-21(29)14-6-8-15(32-2)9-7-14/h5-12,24H,4H2,1-3H3/b16-11-,24-19?. The summed E-state index contributed by atoms with van der Waals surface area (Å²) in [6.07, 6.45) is 1.40. The first kappa shape index (κ1) is 25.1. The van der Waals surface area contributed by atoms with Crippen LogP contribution >= 0.6 is 11.8 Å². The zero-order chi connectivity index (χ0) is 26.0. The first-order valence-electron chi connectivity index (χ1n) is 10.4. The fraction of sp³-hybridized carbons (Fsp3) is 0.174. The van der Waals surface area contributed by atoms with Crippen molar-refractivity contribution in [3.05, 3.63) is 59.2 Å². The van der Waals surface area contributed by atoms with Crippen LogP contribution in [0.2, 0.25) is 0 Å². The monoisotopic (exact) mass is 528 g/mol. The highest BCUT2D eigenvalue weighted by atomic mass is 32.3. The summed E-state index contributed by atoms with van der Waals surface area (Å²) in [5.74, 6) is -0.820. The van der Waals surface area contributed by atoms with E-state index >= 15 is 0 Å². The molecule has 2 heterocycles. The highest BCUT2D eigenvalue weighted by Crippen LogP contribution is 2.33. The van der Waals surface area contributed by atoms with E-state index in [4.69, 9.17) is 19.6 Å². The summed E-state index contributed by atoms with van der Waals surface area (Å²) in [7, 11) is -0.704. The van der Waals surface area contributed by atoms with Crippen molar-refractivity contribution in [2.75, 3.05) is 20.0 Å². The number of hydrogen-bond acceptors (Lipinski definition) is 10. The number of carbonyl (C=O) groups is 2. The number of amidine groups is 2. The van der Waals surface area contributed by atoms with Gasteiger partial charge in [0.15, 0.2) is 17.3 Å². The predicted octanol–water partition coefficient (Wildman–Crippen LogP) is 2.93. The van der Waals surface area contributed by atoms with Crippen LogP contribution < -0.4 is 14.2 Å². The second-order valence-electron chi connectivity index (χ2n) is 7.32. The van der Waals surface area contributed by atoms with Gasteiger partial charge in [-0.15, -0.1) is 5.10 Å². The van der Waals surface area contributed by atoms with Gasteiger partial charge in [0.05, 0.1) is 31.1 Å². The third-order valence-corrected chi connectivity index (χ3v) is 8.20. The first-order chi connectivity index (χ1) is 17.2.